The first-order chi connectivity index (χ1) is 28.3. The van der Waals surface area contributed by atoms with Crippen molar-refractivity contribution in [3.63, 3.8) is 0 Å². The molecule has 0 aliphatic carbocycles. The maximum absolute atomic E-state index is 2.84. The Morgan fingerprint density at radius 2 is 0.737 bits per heavy atom. The smallest absolute Gasteiger partial charge is 0.180 e. The first kappa shape index (κ1) is 33.2. The van der Waals surface area contributed by atoms with Crippen molar-refractivity contribution in [2.45, 2.75) is 0 Å². The normalized spacial score (nSPS) is 11.9. The van der Waals surface area contributed by atoms with Crippen LogP contribution in [0.5, 0.6) is 0 Å². The number of hydrogen-bond donors (Lipinski definition) is 0. The predicted octanol–water partition coefficient (Wildman–Crippen LogP) is 10.9. The fourth-order valence-corrected chi connectivity index (χ4v) is 14.5. The van der Waals surface area contributed by atoms with Crippen LogP contribution in [0.3, 0.4) is 0 Å². The maximum atomic E-state index is 2.50. The van der Waals surface area contributed by atoms with E-state index in [9.17, 15) is 0 Å². The van der Waals surface area contributed by atoms with E-state index in [0.29, 0.717) is 0 Å². The standard InChI is InChI=1S/C54H38N2Si/c1-5-19-39(20-6-1)40-21-17-22-41(37-40)56-49-31-15-13-29-46(49)47-36-35-42(38-52(47)56)55-50-32-16-14-30-48(50)54-51(55)33-18-34-53(54)57(43-23-7-2-8-24-43,44-25-9-3-10-26-44)45-27-11-4-12-28-45/h1-38H. The summed E-state index contributed by atoms with van der Waals surface area (Å²) in [7, 11) is -2.84. The Morgan fingerprint density at radius 3 is 1.39 bits per heavy atom. The van der Waals surface area contributed by atoms with Crippen molar-refractivity contribution in [1.82, 2.24) is 9.13 Å². The molecule has 268 valence electrons. The van der Waals surface area contributed by atoms with Gasteiger partial charge in [-0.15, -0.1) is 0 Å². The Hall–Kier alpha value is -7.20. The van der Waals surface area contributed by atoms with Gasteiger partial charge in [0.15, 0.2) is 8.07 Å². The molecule has 0 spiro atoms. The number of hydrogen-bond acceptors (Lipinski definition) is 0. The Balaban J connectivity index is 1.22. The largest absolute Gasteiger partial charge is 0.309 e. The first-order valence-corrected chi connectivity index (χ1v) is 21.7. The van der Waals surface area contributed by atoms with E-state index >= 15 is 0 Å². The molecular formula is C54H38N2Si. The third-order valence-corrected chi connectivity index (χ3v) is 16.7. The van der Waals surface area contributed by atoms with E-state index in [0.717, 1.165) is 11.4 Å². The summed E-state index contributed by atoms with van der Waals surface area (Å²) in [4.78, 5) is 0. The Labute approximate surface area is 333 Å². The van der Waals surface area contributed by atoms with Gasteiger partial charge >= 0.3 is 0 Å². The number of nitrogens with zero attached hydrogens (tertiary/aromatic N) is 2. The molecule has 9 aromatic carbocycles. The number of aromatic nitrogens is 2. The van der Waals surface area contributed by atoms with Crippen LogP contribution in [-0.4, -0.2) is 17.2 Å². The van der Waals surface area contributed by atoms with E-state index in [2.05, 4.69) is 240 Å². The van der Waals surface area contributed by atoms with E-state index in [4.69, 9.17) is 0 Å². The fraction of sp³-hybridized carbons (Fsp3) is 0. The average molecular weight is 743 g/mol. The monoisotopic (exact) mass is 742 g/mol. The van der Waals surface area contributed by atoms with Crippen molar-refractivity contribution in [3.05, 3.63) is 231 Å². The Morgan fingerprint density at radius 1 is 0.281 bits per heavy atom. The van der Waals surface area contributed by atoms with Crippen LogP contribution in [0.4, 0.5) is 0 Å². The highest BCUT2D eigenvalue weighted by molar-refractivity contribution is 7.20. The van der Waals surface area contributed by atoms with Gasteiger partial charge < -0.3 is 9.13 Å². The molecule has 0 aliphatic rings. The second kappa shape index (κ2) is 13.5. The quantitative estimate of drug-likeness (QED) is 0.114. The van der Waals surface area contributed by atoms with Gasteiger partial charge in [-0.1, -0.05) is 188 Å². The van der Waals surface area contributed by atoms with Gasteiger partial charge in [0, 0.05) is 32.9 Å². The van der Waals surface area contributed by atoms with Crippen molar-refractivity contribution >= 4 is 72.4 Å². The van der Waals surface area contributed by atoms with E-state index in [1.807, 2.05) is 0 Å². The van der Waals surface area contributed by atoms with Crippen LogP contribution in [0.2, 0.25) is 0 Å². The maximum Gasteiger partial charge on any atom is 0.180 e. The lowest BCUT2D eigenvalue weighted by atomic mass is 10.1. The van der Waals surface area contributed by atoms with E-state index in [1.54, 1.807) is 0 Å². The van der Waals surface area contributed by atoms with Crippen LogP contribution in [0.15, 0.2) is 231 Å². The summed E-state index contributed by atoms with van der Waals surface area (Å²) in [6, 6.07) is 85.2. The van der Waals surface area contributed by atoms with E-state index in [-0.39, 0.29) is 0 Å². The Kier molecular flexibility index (Phi) is 7.87. The minimum atomic E-state index is -2.84. The minimum Gasteiger partial charge on any atom is -0.309 e. The highest BCUT2D eigenvalue weighted by Gasteiger charge is 2.43. The molecule has 57 heavy (non-hydrogen) atoms. The van der Waals surface area contributed by atoms with Crippen LogP contribution in [0.25, 0.3) is 66.1 Å². The number of rotatable bonds is 7. The topological polar surface area (TPSA) is 9.86 Å². The number of benzene rings is 9. The van der Waals surface area contributed by atoms with Crippen LogP contribution < -0.4 is 20.7 Å². The van der Waals surface area contributed by atoms with Gasteiger partial charge in [0.25, 0.3) is 0 Å². The lowest BCUT2D eigenvalue weighted by Gasteiger charge is -2.35. The van der Waals surface area contributed by atoms with E-state index in [1.165, 1.54) is 75.5 Å². The molecule has 0 fully saturated rings. The third kappa shape index (κ3) is 5.17. The molecule has 11 aromatic rings. The summed E-state index contributed by atoms with van der Waals surface area (Å²) >= 11 is 0. The lowest BCUT2D eigenvalue weighted by molar-refractivity contribution is 1.15. The summed E-state index contributed by atoms with van der Waals surface area (Å²) in [5, 5.41) is 10.6. The van der Waals surface area contributed by atoms with Crippen molar-refractivity contribution in [2.24, 2.45) is 0 Å². The minimum absolute atomic E-state index is 1.14. The SMILES string of the molecule is c1ccc(-c2cccc(-n3c4ccccc4c4ccc(-n5c6ccccc6c6c([Si](c7ccccc7)(c7ccccc7)c7ccccc7)cccc65)cc43)c2)cc1. The zero-order valence-electron chi connectivity index (χ0n) is 31.3. The molecule has 2 aromatic heterocycles. The summed E-state index contributed by atoms with van der Waals surface area (Å²) in [6.07, 6.45) is 0. The summed E-state index contributed by atoms with van der Waals surface area (Å²) in [5.74, 6) is 0. The molecule has 0 atom stereocenters. The van der Waals surface area contributed by atoms with Gasteiger partial charge in [-0.05, 0) is 74.3 Å². The van der Waals surface area contributed by atoms with Gasteiger partial charge in [-0.2, -0.15) is 0 Å². The summed E-state index contributed by atoms with van der Waals surface area (Å²) in [5.41, 5.74) is 9.49. The molecule has 0 saturated carbocycles. The highest BCUT2D eigenvalue weighted by Crippen LogP contribution is 2.37. The zero-order valence-corrected chi connectivity index (χ0v) is 32.3. The molecular weight excluding hydrogens is 705 g/mol. The average Bonchev–Trinajstić information content (AvgIpc) is 3.81. The van der Waals surface area contributed by atoms with Crippen molar-refractivity contribution in [2.75, 3.05) is 0 Å². The fourth-order valence-electron chi connectivity index (χ4n) is 9.47. The molecule has 0 saturated heterocycles. The molecule has 0 aliphatic heterocycles. The number of para-hydroxylation sites is 2. The molecule has 2 heterocycles. The van der Waals surface area contributed by atoms with Gasteiger partial charge in [0.1, 0.15) is 0 Å². The third-order valence-electron chi connectivity index (χ3n) is 11.8. The number of fused-ring (bicyclic) bond motifs is 6. The van der Waals surface area contributed by atoms with Crippen LogP contribution in [-0.2, 0) is 0 Å². The molecule has 0 amide bonds. The van der Waals surface area contributed by atoms with Crippen LogP contribution >= 0.6 is 0 Å². The van der Waals surface area contributed by atoms with Crippen LogP contribution in [0, 0.1) is 0 Å². The van der Waals surface area contributed by atoms with Gasteiger partial charge in [-0.25, -0.2) is 0 Å². The van der Waals surface area contributed by atoms with Crippen molar-refractivity contribution in [1.29, 1.82) is 0 Å². The predicted molar refractivity (Wildman–Crippen MR) is 244 cm³/mol. The van der Waals surface area contributed by atoms with Gasteiger partial charge in [-0.3, -0.25) is 0 Å². The first-order valence-electron chi connectivity index (χ1n) is 19.7. The Bertz CT molecular complexity index is 3120. The van der Waals surface area contributed by atoms with Crippen molar-refractivity contribution < 1.29 is 0 Å². The lowest BCUT2D eigenvalue weighted by Crippen LogP contribution is -2.74. The second-order valence-electron chi connectivity index (χ2n) is 14.9. The molecule has 0 unspecified atom stereocenters. The molecule has 0 N–H and O–H groups in total. The molecule has 3 heteroatoms. The van der Waals surface area contributed by atoms with Gasteiger partial charge in [0.05, 0.1) is 22.1 Å². The van der Waals surface area contributed by atoms with Gasteiger partial charge in [0.2, 0.25) is 0 Å². The van der Waals surface area contributed by atoms with Crippen LogP contribution in [0.1, 0.15) is 0 Å². The molecule has 2 nitrogen and oxygen atoms in total. The second-order valence-corrected chi connectivity index (χ2v) is 18.6. The zero-order chi connectivity index (χ0) is 37.8. The molecule has 0 radical (unpaired) electrons. The molecule has 11 rings (SSSR count). The van der Waals surface area contributed by atoms with E-state index < -0.39 is 8.07 Å². The van der Waals surface area contributed by atoms with Crippen molar-refractivity contribution in [3.8, 4) is 22.5 Å². The summed E-state index contributed by atoms with van der Waals surface area (Å²) < 4.78 is 4.94. The highest BCUT2D eigenvalue weighted by atomic mass is 28.3. The molecule has 0 bridgehead atoms. The summed E-state index contributed by atoms with van der Waals surface area (Å²) in [6.45, 7) is 0.